The largest absolute Gasteiger partial charge is 0.493 e. The van der Waals surface area contributed by atoms with Crippen LogP contribution in [0.1, 0.15) is 34.8 Å². The molecule has 0 aromatic heterocycles. The summed E-state index contributed by atoms with van der Waals surface area (Å²) < 4.78 is 16.7. The fourth-order valence-corrected chi connectivity index (χ4v) is 4.80. The lowest BCUT2D eigenvalue weighted by atomic mass is 9.98. The number of ether oxygens (including phenoxy) is 3. The first-order valence-electron chi connectivity index (χ1n) is 10.2. The average molecular weight is 489 g/mol. The van der Waals surface area contributed by atoms with Crippen molar-refractivity contribution in [1.29, 1.82) is 0 Å². The first-order chi connectivity index (χ1) is 15.0. The van der Waals surface area contributed by atoms with Gasteiger partial charge in [0.1, 0.15) is 6.61 Å². The predicted octanol–water partition coefficient (Wildman–Crippen LogP) is 4.26. The number of carbonyl (C=O) groups excluding carboxylic acids is 2. The second-order valence-corrected chi connectivity index (χ2v) is 8.48. The van der Waals surface area contributed by atoms with Crippen molar-refractivity contribution in [3.8, 4) is 11.5 Å². The fourth-order valence-electron chi connectivity index (χ4n) is 4.30. The van der Waals surface area contributed by atoms with Gasteiger partial charge in [-0.05, 0) is 46.5 Å². The van der Waals surface area contributed by atoms with Crippen molar-refractivity contribution in [3.05, 3.63) is 58.1 Å². The summed E-state index contributed by atoms with van der Waals surface area (Å²) in [4.78, 5) is 29.3. The van der Waals surface area contributed by atoms with Gasteiger partial charge in [0.2, 0.25) is 0 Å². The number of likely N-dealkylation sites (tertiary alicyclic amines) is 1. The quantitative estimate of drug-likeness (QED) is 0.628. The monoisotopic (exact) mass is 488 g/mol. The Hall–Kier alpha value is -2.74. The third kappa shape index (κ3) is 4.21. The third-order valence-corrected chi connectivity index (χ3v) is 6.60. The summed E-state index contributed by atoms with van der Waals surface area (Å²) in [5, 5.41) is 0. The molecule has 4 rings (SSSR count). The number of hydrogen-bond donors (Lipinski definition) is 0. The Kier molecular flexibility index (Phi) is 6.36. The van der Waals surface area contributed by atoms with Crippen LogP contribution in [-0.4, -0.2) is 61.8 Å². The molecule has 0 spiro atoms. The number of benzene rings is 2. The van der Waals surface area contributed by atoms with E-state index in [1.165, 1.54) is 0 Å². The fraction of sp³-hybridized carbons (Fsp3) is 0.391. The Bertz CT molecular complexity index is 960. The Balaban J connectivity index is 1.46. The van der Waals surface area contributed by atoms with Crippen molar-refractivity contribution < 1.29 is 23.8 Å². The molecule has 2 amide bonds. The van der Waals surface area contributed by atoms with Crippen molar-refractivity contribution in [2.24, 2.45) is 0 Å². The first-order valence-corrected chi connectivity index (χ1v) is 11.0. The van der Waals surface area contributed by atoms with Gasteiger partial charge in [0, 0.05) is 23.6 Å². The zero-order valence-electron chi connectivity index (χ0n) is 17.5. The molecule has 31 heavy (non-hydrogen) atoms. The van der Waals surface area contributed by atoms with Crippen molar-refractivity contribution >= 4 is 27.9 Å². The lowest BCUT2D eigenvalue weighted by Gasteiger charge is -2.38. The van der Waals surface area contributed by atoms with Gasteiger partial charge in [-0.25, -0.2) is 4.79 Å². The zero-order valence-corrected chi connectivity index (χ0v) is 19.1. The van der Waals surface area contributed by atoms with Crippen LogP contribution in [0.5, 0.6) is 11.5 Å². The summed E-state index contributed by atoms with van der Waals surface area (Å²) in [5.41, 5.74) is 1.60. The van der Waals surface area contributed by atoms with E-state index in [2.05, 4.69) is 15.9 Å². The van der Waals surface area contributed by atoms with Crippen LogP contribution >= 0.6 is 15.9 Å². The number of cyclic esters (lactones) is 1. The number of rotatable bonds is 5. The van der Waals surface area contributed by atoms with E-state index in [-0.39, 0.29) is 24.1 Å². The van der Waals surface area contributed by atoms with Crippen molar-refractivity contribution in [1.82, 2.24) is 9.80 Å². The van der Waals surface area contributed by atoms with Gasteiger partial charge in [-0.2, -0.15) is 0 Å². The number of hydrogen-bond acceptors (Lipinski definition) is 5. The molecule has 2 heterocycles. The minimum absolute atomic E-state index is 0.0399. The zero-order chi connectivity index (χ0) is 22.0. The molecule has 2 aliphatic rings. The van der Waals surface area contributed by atoms with Crippen LogP contribution in [0, 0.1) is 0 Å². The van der Waals surface area contributed by atoms with Gasteiger partial charge in [-0.15, -0.1) is 0 Å². The highest BCUT2D eigenvalue weighted by atomic mass is 79.9. The van der Waals surface area contributed by atoms with Crippen LogP contribution in [0.15, 0.2) is 46.9 Å². The molecule has 0 saturated carbocycles. The first kappa shape index (κ1) is 21.5. The van der Waals surface area contributed by atoms with Crippen molar-refractivity contribution in [3.63, 3.8) is 0 Å². The van der Waals surface area contributed by atoms with Crippen LogP contribution in [-0.2, 0) is 4.74 Å². The van der Waals surface area contributed by atoms with Gasteiger partial charge in [-0.3, -0.25) is 9.69 Å². The normalized spacial score (nSPS) is 19.3. The van der Waals surface area contributed by atoms with E-state index in [1.807, 2.05) is 40.1 Å². The van der Waals surface area contributed by atoms with Crippen LogP contribution in [0.3, 0.4) is 0 Å². The molecular weight excluding hydrogens is 464 g/mol. The molecule has 7 nitrogen and oxygen atoms in total. The summed E-state index contributed by atoms with van der Waals surface area (Å²) in [5.74, 6) is 0.994. The Morgan fingerprint density at radius 2 is 1.71 bits per heavy atom. The van der Waals surface area contributed by atoms with Crippen molar-refractivity contribution in [2.45, 2.75) is 24.9 Å². The highest BCUT2D eigenvalue weighted by Gasteiger charge is 2.40. The molecule has 2 fully saturated rings. The molecule has 164 valence electrons. The summed E-state index contributed by atoms with van der Waals surface area (Å²) >= 11 is 3.47. The second-order valence-electron chi connectivity index (χ2n) is 7.62. The van der Waals surface area contributed by atoms with Gasteiger partial charge in [-0.1, -0.05) is 30.3 Å². The number of methoxy groups -OCH3 is 2. The Labute approximate surface area is 190 Å². The number of halogens is 1. The van der Waals surface area contributed by atoms with E-state index in [4.69, 9.17) is 14.2 Å². The van der Waals surface area contributed by atoms with Crippen molar-refractivity contribution in [2.75, 3.05) is 33.9 Å². The van der Waals surface area contributed by atoms with E-state index in [0.29, 0.717) is 54.1 Å². The summed E-state index contributed by atoms with van der Waals surface area (Å²) in [6.07, 6.45) is 1.13. The average Bonchev–Trinajstić information content (AvgIpc) is 3.20. The molecule has 8 heteroatoms. The van der Waals surface area contributed by atoms with Crippen LogP contribution in [0.25, 0.3) is 0 Å². The lowest BCUT2D eigenvalue weighted by molar-refractivity contribution is 0.0635. The molecule has 0 bridgehead atoms. The molecular formula is C23H25BrN2O5. The summed E-state index contributed by atoms with van der Waals surface area (Å²) in [6, 6.07) is 13.3. The van der Waals surface area contributed by atoms with Gasteiger partial charge in [0.05, 0.1) is 25.8 Å². The predicted molar refractivity (Wildman–Crippen MR) is 119 cm³/mol. The molecule has 0 aliphatic carbocycles. The van der Waals surface area contributed by atoms with Gasteiger partial charge >= 0.3 is 6.09 Å². The number of piperidine rings is 1. The maximum Gasteiger partial charge on any atom is 0.410 e. The smallest absolute Gasteiger partial charge is 0.410 e. The van der Waals surface area contributed by atoms with Gasteiger partial charge in [0.25, 0.3) is 5.91 Å². The van der Waals surface area contributed by atoms with E-state index < -0.39 is 0 Å². The number of amides is 2. The maximum absolute atomic E-state index is 13.2. The number of carbonyl (C=O) groups is 2. The molecule has 1 atom stereocenters. The highest BCUT2D eigenvalue weighted by molar-refractivity contribution is 9.10. The maximum atomic E-state index is 13.2. The molecule has 1 unspecified atom stereocenters. The number of nitrogens with zero attached hydrogens (tertiary/aromatic N) is 2. The summed E-state index contributed by atoms with van der Waals surface area (Å²) in [7, 11) is 3.10. The summed E-state index contributed by atoms with van der Waals surface area (Å²) in [6.45, 7) is 1.49. The van der Waals surface area contributed by atoms with Crippen LogP contribution in [0.2, 0.25) is 0 Å². The topological polar surface area (TPSA) is 68.3 Å². The van der Waals surface area contributed by atoms with Crippen LogP contribution in [0.4, 0.5) is 4.79 Å². The molecule has 2 aromatic carbocycles. The van der Waals surface area contributed by atoms with E-state index >= 15 is 0 Å². The van der Waals surface area contributed by atoms with Gasteiger partial charge in [0.15, 0.2) is 11.5 Å². The van der Waals surface area contributed by atoms with E-state index in [0.717, 1.165) is 5.56 Å². The molecule has 2 saturated heterocycles. The van der Waals surface area contributed by atoms with E-state index in [1.54, 1.807) is 26.4 Å². The van der Waals surface area contributed by atoms with Gasteiger partial charge < -0.3 is 19.1 Å². The minimum Gasteiger partial charge on any atom is -0.493 e. The Morgan fingerprint density at radius 1 is 1.06 bits per heavy atom. The molecule has 2 aromatic rings. The Morgan fingerprint density at radius 3 is 2.35 bits per heavy atom. The lowest BCUT2D eigenvalue weighted by Crippen LogP contribution is -2.47. The van der Waals surface area contributed by atoms with Crippen LogP contribution < -0.4 is 9.47 Å². The van der Waals surface area contributed by atoms with E-state index in [9.17, 15) is 9.59 Å². The molecule has 2 aliphatic heterocycles. The highest BCUT2D eigenvalue weighted by Crippen LogP contribution is 2.36. The third-order valence-electron chi connectivity index (χ3n) is 5.94. The SMILES string of the molecule is COc1cc(Br)c(C(=O)N2CCC(N3C(=O)OCC3c3ccccc3)CC2)cc1OC. The second kappa shape index (κ2) is 9.18. The standard InChI is InChI=1S/C23H25BrN2O5/c1-29-20-12-17(18(24)13-21(20)30-2)22(27)25-10-8-16(9-11-25)26-19(14-31-23(26)28)15-6-4-3-5-7-15/h3-7,12-13,16,19H,8-11,14H2,1-2H3. The molecule has 0 radical (unpaired) electrons. The molecule has 0 N–H and O–H groups in total. The minimum atomic E-state index is -0.277.